The Labute approximate surface area is 148 Å². The van der Waals surface area contributed by atoms with E-state index in [9.17, 15) is 22.8 Å². The van der Waals surface area contributed by atoms with Crippen LogP contribution in [-0.2, 0) is 17.5 Å². The molecule has 136 valence electrons. The van der Waals surface area contributed by atoms with Gasteiger partial charge in [0, 0.05) is 6.20 Å². The molecule has 2 aromatic heterocycles. The van der Waals surface area contributed by atoms with Crippen LogP contribution >= 0.6 is 11.3 Å². The average Bonchev–Trinajstić information content (AvgIpc) is 2.96. The Hall–Kier alpha value is -2.88. The lowest BCUT2D eigenvalue weighted by atomic mass is 10.2. The van der Waals surface area contributed by atoms with Gasteiger partial charge in [0.25, 0.3) is 5.56 Å². The van der Waals surface area contributed by atoms with Crippen LogP contribution in [0.3, 0.4) is 0 Å². The summed E-state index contributed by atoms with van der Waals surface area (Å²) in [5, 5.41) is 2.77. The number of alkyl halides is 3. The number of halogens is 3. The predicted octanol–water partition coefficient (Wildman–Crippen LogP) is 3.12. The standard InChI is InChI=1S/C16H12F3N3O3S/c1-25-9-4-5-11-12(7-9)26-15(20-11)21-13(23)8-22-6-2-3-10(14(22)24)16(17,18)19/h2-7H,8H2,1H3,(H,20,21,23). The van der Waals surface area contributed by atoms with E-state index in [-0.39, 0.29) is 5.13 Å². The maximum atomic E-state index is 12.8. The molecule has 10 heteroatoms. The first-order valence-corrected chi connectivity index (χ1v) is 8.10. The van der Waals surface area contributed by atoms with Crippen molar-refractivity contribution in [2.24, 2.45) is 0 Å². The number of carbonyl (C=O) groups excluding carboxylic acids is 1. The molecule has 6 nitrogen and oxygen atoms in total. The van der Waals surface area contributed by atoms with E-state index in [0.29, 0.717) is 21.9 Å². The number of benzene rings is 1. The smallest absolute Gasteiger partial charge is 0.421 e. The van der Waals surface area contributed by atoms with Crippen molar-refractivity contribution < 1.29 is 22.7 Å². The van der Waals surface area contributed by atoms with Gasteiger partial charge in [-0.3, -0.25) is 9.59 Å². The zero-order valence-electron chi connectivity index (χ0n) is 13.3. The minimum atomic E-state index is -4.78. The molecule has 0 saturated carbocycles. The number of hydrogen-bond donors (Lipinski definition) is 1. The lowest BCUT2D eigenvalue weighted by molar-refractivity contribution is -0.139. The van der Waals surface area contributed by atoms with Crippen LogP contribution in [0.1, 0.15) is 5.56 Å². The Morgan fingerprint density at radius 2 is 2.12 bits per heavy atom. The quantitative estimate of drug-likeness (QED) is 0.751. The molecule has 0 unspecified atom stereocenters. The van der Waals surface area contributed by atoms with Gasteiger partial charge < -0.3 is 14.6 Å². The van der Waals surface area contributed by atoms with Crippen LogP contribution in [0.2, 0.25) is 0 Å². The number of hydrogen-bond acceptors (Lipinski definition) is 5. The molecule has 1 aromatic carbocycles. The van der Waals surface area contributed by atoms with Gasteiger partial charge in [-0.2, -0.15) is 13.2 Å². The van der Waals surface area contributed by atoms with Gasteiger partial charge in [-0.05, 0) is 30.3 Å². The molecule has 0 saturated heterocycles. The number of amides is 1. The van der Waals surface area contributed by atoms with Crippen LogP contribution in [-0.4, -0.2) is 22.6 Å². The van der Waals surface area contributed by atoms with E-state index in [2.05, 4.69) is 10.3 Å². The van der Waals surface area contributed by atoms with Gasteiger partial charge in [-0.1, -0.05) is 11.3 Å². The zero-order valence-corrected chi connectivity index (χ0v) is 14.1. The number of thiazole rings is 1. The molecule has 0 bridgehead atoms. The Kier molecular flexibility index (Phi) is 4.68. The van der Waals surface area contributed by atoms with Crippen LogP contribution in [0.5, 0.6) is 5.75 Å². The topological polar surface area (TPSA) is 73.2 Å². The number of nitrogens with one attached hydrogen (secondary N) is 1. The molecule has 0 atom stereocenters. The molecule has 0 radical (unpaired) electrons. The van der Waals surface area contributed by atoms with Crippen LogP contribution in [0.25, 0.3) is 10.2 Å². The normalized spacial score (nSPS) is 11.5. The first-order chi connectivity index (χ1) is 12.3. The largest absolute Gasteiger partial charge is 0.497 e. The first-order valence-electron chi connectivity index (χ1n) is 7.29. The van der Waals surface area contributed by atoms with Crippen LogP contribution in [0.15, 0.2) is 41.3 Å². The van der Waals surface area contributed by atoms with Crippen LogP contribution in [0.4, 0.5) is 18.3 Å². The average molecular weight is 383 g/mol. The first kappa shape index (κ1) is 17.9. The molecule has 3 aromatic rings. The fourth-order valence-corrected chi connectivity index (χ4v) is 3.19. The maximum Gasteiger partial charge on any atom is 0.421 e. The molecule has 2 heterocycles. The molecule has 0 aliphatic heterocycles. The van der Waals surface area contributed by atoms with Gasteiger partial charge in [0.05, 0.1) is 17.3 Å². The fraction of sp³-hybridized carbons (Fsp3) is 0.188. The SMILES string of the molecule is COc1ccc2nc(NC(=O)Cn3cccc(C(F)(F)F)c3=O)sc2c1. The minimum absolute atomic E-state index is 0.276. The van der Waals surface area contributed by atoms with E-state index in [1.165, 1.54) is 18.4 Å². The molecule has 0 fully saturated rings. The summed E-state index contributed by atoms with van der Waals surface area (Å²) in [5.41, 5.74) is -1.95. The van der Waals surface area contributed by atoms with Crippen molar-refractivity contribution >= 4 is 32.6 Å². The Balaban J connectivity index is 1.78. The van der Waals surface area contributed by atoms with Gasteiger partial charge >= 0.3 is 6.18 Å². The summed E-state index contributed by atoms with van der Waals surface area (Å²) in [7, 11) is 1.53. The highest BCUT2D eigenvalue weighted by Crippen LogP contribution is 2.29. The second-order valence-electron chi connectivity index (χ2n) is 5.25. The van der Waals surface area contributed by atoms with E-state index in [4.69, 9.17) is 4.74 Å². The summed E-state index contributed by atoms with van der Waals surface area (Å²) in [6.07, 6.45) is -3.65. The van der Waals surface area contributed by atoms with Crippen molar-refractivity contribution in [1.82, 2.24) is 9.55 Å². The number of fused-ring (bicyclic) bond motifs is 1. The third-order valence-electron chi connectivity index (χ3n) is 3.48. The van der Waals surface area contributed by atoms with Crippen molar-refractivity contribution in [3.8, 4) is 5.75 Å². The molecule has 3 rings (SSSR count). The molecule has 0 aliphatic carbocycles. The summed E-state index contributed by atoms with van der Waals surface area (Å²) in [6, 6.07) is 6.94. The van der Waals surface area contributed by atoms with Gasteiger partial charge in [-0.15, -0.1) is 0 Å². The lowest BCUT2D eigenvalue weighted by Crippen LogP contribution is -2.31. The van der Waals surface area contributed by atoms with Crippen molar-refractivity contribution in [2.45, 2.75) is 12.7 Å². The van der Waals surface area contributed by atoms with Crippen molar-refractivity contribution in [2.75, 3.05) is 12.4 Å². The van der Waals surface area contributed by atoms with Crippen molar-refractivity contribution in [3.05, 3.63) is 52.4 Å². The highest BCUT2D eigenvalue weighted by molar-refractivity contribution is 7.22. The zero-order chi connectivity index (χ0) is 18.9. The summed E-state index contributed by atoms with van der Waals surface area (Å²) < 4.78 is 44.9. The summed E-state index contributed by atoms with van der Waals surface area (Å²) >= 11 is 1.19. The number of aromatic nitrogens is 2. The summed E-state index contributed by atoms with van der Waals surface area (Å²) in [6.45, 7) is -0.554. The van der Waals surface area contributed by atoms with Crippen LogP contribution in [0, 0.1) is 0 Å². The highest BCUT2D eigenvalue weighted by Gasteiger charge is 2.34. The van der Waals surface area contributed by atoms with E-state index in [0.717, 1.165) is 17.0 Å². The lowest BCUT2D eigenvalue weighted by Gasteiger charge is -2.09. The van der Waals surface area contributed by atoms with E-state index >= 15 is 0 Å². The number of anilines is 1. The molecule has 1 amide bonds. The van der Waals surface area contributed by atoms with Gasteiger partial charge in [-0.25, -0.2) is 4.98 Å². The van der Waals surface area contributed by atoms with E-state index in [1.54, 1.807) is 18.2 Å². The number of rotatable bonds is 4. The van der Waals surface area contributed by atoms with Gasteiger partial charge in [0.1, 0.15) is 17.9 Å². The van der Waals surface area contributed by atoms with E-state index < -0.39 is 29.8 Å². The Bertz CT molecular complexity index is 1030. The number of methoxy groups -OCH3 is 1. The molecule has 26 heavy (non-hydrogen) atoms. The molecule has 0 spiro atoms. The number of nitrogens with zero attached hydrogens (tertiary/aromatic N) is 2. The second-order valence-corrected chi connectivity index (χ2v) is 6.28. The van der Waals surface area contributed by atoms with Gasteiger partial charge in [0.15, 0.2) is 5.13 Å². The van der Waals surface area contributed by atoms with Crippen LogP contribution < -0.4 is 15.6 Å². The Morgan fingerprint density at radius 3 is 2.81 bits per heavy atom. The third kappa shape index (κ3) is 3.69. The molecular formula is C16H12F3N3O3S. The second kappa shape index (κ2) is 6.79. The molecular weight excluding hydrogens is 371 g/mol. The number of carbonyl (C=O) groups is 1. The highest BCUT2D eigenvalue weighted by atomic mass is 32.1. The van der Waals surface area contributed by atoms with Crippen molar-refractivity contribution in [1.29, 1.82) is 0 Å². The van der Waals surface area contributed by atoms with Crippen molar-refractivity contribution in [3.63, 3.8) is 0 Å². The predicted molar refractivity (Wildman–Crippen MR) is 90.5 cm³/mol. The minimum Gasteiger partial charge on any atom is -0.497 e. The third-order valence-corrected chi connectivity index (χ3v) is 4.42. The number of pyridine rings is 1. The Morgan fingerprint density at radius 1 is 1.35 bits per heavy atom. The maximum absolute atomic E-state index is 12.8. The fourth-order valence-electron chi connectivity index (χ4n) is 2.28. The van der Waals surface area contributed by atoms with Gasteiger partial charge in [0.2, 0.25) is 5.91 Å². The molecule has 0 aliphatic rings. The summed E-state index contributed by atoms with van der Waals surface area (Å²) in [4.78, 5) is 28.1. The number of ether oxygens (including phenoxy) is 1. The summed E-state index contributed by atoms with van der Waals surface area (Å²) in [5.74, 6) is -0.0213. The monoisotopic (exact) mass is 383 g/mol. The van der Waals surface area contributed by atoms with E-state index in [1.807, 2.05) is 0 Å². The molecule has 1 N–H and O–H groups in total.